The van der Waals surface area contributed by atoms with Crippen LogP contribution in [0.3, 0.4) is 0 Å². The zero-order valence-corrected chi connectivity index (χ0v) is 15.3. The highest BCUT2D eigenvalue weighted by atomic mass is 16.2. The van der Waals surface area contributed by atoms with E-state index in [1.165, 1.54) is 13.8 Å². The Balaban J connectivity index is -0.000000257. The molecule has 0 fully saturated rings. The molecule has 1 rings (SSSR count). The van der Waals surface area contributed by atoms with Crippen molar-refractivity contribution in [3.63, 3.8) is 0 Å². The Labute approximate surface area is 143 Å². The van der Waals surface area contributed by atoms with Crippen LogP contribution in [-0.2, 0) is 9.59 Å². The monoisotopic (exact) mass is 324 g/mol. The Bertz CT molecular complexity index is 363. The smallest absolute Gasteiger partial charge is 0.217 e. The average molecular weight is 325 g/mol. The first-order chi connectivity index (χ1) is 9.83. The molecule has 2 amide bonds. The number of benzene rings is 1. The summed E-state index contributed by atoms with van der Waals surface area (Å²) < 4.78 is 0. The maximum absolute atomic E-state index is 10.3. The molecule has 0 unspecified atom stereocenters. The first-order valence-corrected chi connectivity index (χ1v) is 7.41. The fourth-order valence-electron chi connectivity index (χ4n) is 1.44. The van der Waals surface area contributed by atoms with Crippen LogP contribution in [0.1, 0.15) is 62.8 Å². The number of amides is 2. The summed E-state index contributed by atoms with van der Waals surface area (Å²) in [5.41, 5.74) is -0.155. The molecule has 0 spiro atoms. The Morgan fingerprint density at radius 1 is 0.609 bits per heavy atom. The van der Waals surface area contributed by atoms with Gasteiger partial charge in [-0.25, -0.2) is 0 Å². The van der Waals surface area contributed by atoms with Gasteiger partial charge in [-0.1, -0.05) is 43.8 Å². The van der Waals surface area contributed by atoms with Crippen LogP contribution in [0, 0.1) is 0 Å². The summed E-state index contributed by atoms with van der Waals surface area (Å²) >= 11 is 0. The highest BCUT2D eigenvalue weighted by Gasteiger charge is 2.09. The van der Waals surface area contributed by atoms with Gasteiger partial charge < -0.3 is 10.6 Å². The molecular weight excluding hydrogens is 288 g/mol. The summed E-state index contributed by atoms with van der Waals surface area (Å²) in [7, 11) is 0. The summed E-state index contributed by atoms with van der Waals surface area (Å²) in [6.45, 7) is 14.8. The molecule has 0 radical (unpaired) electrons. The molecule has 4 nitrogen and oxygen atoms in total. The van der Waals surface area contributed by atoms with Gasteiger partial charge in [0.2, 0.25) is 11.8 Å². The molecule has 4 heteroatoms. The second-order valence-corrected chi connectivity index (χ2v) is 7.02. The lowest BCUT2D eigenvalue weighted by molar-refractivity contribution is -0.121. The molecule has 0 aromatic heterocycles. The summed E-state index contributed by atoms with van der Waals surface area (Å²) in [6.07, 6.45) is 0. The van der Waals surface area contributed by atoms with E-state index < -0.39 is 0 Å². The quantitative estimate of drug-likeness (QED) is 0.752. The van der Waals surface area contributed by atoms with E-state index >= 15 is 0 Å². The lowest BCUT2D eigenvalue weighted by Gasteiger charge is -2.18. The zero-order chi connectivity index (χ0) is 17.8. The van der Waals surface area contributed by atoms with E-state index in [4.69, 9.17) is 0 Å². The number of hydrogen-bond acceptors (Lipinski definition) is 2. The molecule has 134 valence electrons. The van der Waals surface area contributed by atoms with E-state index in [-0.39, 0.29) is 30.3 Å². The lowest BCUT2D eigenvalue weighted by Crippen LogP contribution is -2.38. The highest BCUT2D eigenvalue weighted by Crippen LogP contribution is 1.97. The fraction of sp³-hybridized carbons (Fsp3) is 0.579. The van der Waals surface area contributed by atoms with Gasteiger partial charge >= 0.3 is 0 Å². The minimum absolute atomic E-state index is 0. The van der Waals surface area contributed by atoms with Crippen LogP contribution in [0.5, 0.6) is 0 Å². The summed E-state index contributed by atoms with van der Waals surface area (Å²) in [4.78, 5) is 20.7. The van der Waals surface area contributed by atoms with Gasteiger partial charge in [-0.15, -0.1) is 0 Å². The van der Waals surface area contributed by atoms with Gasteiger partial charge in [0, 0.05) is 24.9 Å². The highest BCUT2D eigenvalue weighted by molar-refractivity contribution is 5.73. The van der Waals surface area contributed by atoms with E-state index in [2.05, 4.69) is 10.6 Å². The third-order valence-electron chi connectivity index (χ3n) is 1.77. The molecular formula is C19H36N2O2. The van der Waals surface area contributed by atoms with E-state index in [1.54, 1.807) is 0 Å². The van der Waals surface area contributed by atoms with Gasteiger partial charge in [0.05, 0.1) is 0 Å². The molecule has 0 heterocycles. The van der Waals surface area contributed by atoms with Crippen LogP contribution in [0.2, 0.25) is 0 Å². The minimum Gasteiger partial charge on any atom is -0.352 e. The summed E-state index contributed by atoms with van der Waals surface area (Å²) in [5, 5.41) is 5.49. The van der Waals surface area contributed by atoms with Crippen molar-refractivity contribution >= 4 is 11.8 Å². The first kappa shape index (κ1) is 26.1. The number of carbonyl (C=O) groups excluding carboxylic acids is 2. The molecule has 23 heavy (non-hydrogen) atoms. The molecule has 0 atom stereocenters. The number of nitrogens with one attached hydrogen (secondary N) is 2. The largest absolute Gasteiger partial charge is 0.352 e. The van der Waals surface area contributed by atoms with Crippen molar-refractivity contribution in [1.29, 1.82) is 0 Å². The molecule has 0 aliphatic carbocycles. The van der Waals surface area contributed by atoms with Crippen LogP contribution in [-0.4, -0.2) is 22.9 Å². The molecule has 1 aromatic rings. The molecule has 0 aliphatic heterocycles. The fourth-order valence-corrected chi connectivity index (χ4v) is 1.44. The minimum atomic E-state index is -0.0775. The number of carbonyl (C=O) groups is 2. The molecule has 2 N–H and O–H groups in total. The first-order valence-electron chi connectivity index (χ1n) is 7.41. The van der Waals surface area contributed by atoms with Gasteiger partial charge in [0.15, 0.2) is 0 Å². The van der Waals surface area contributed by atoms with Crippen LogP contribution in [0.15, 0.2) is 36.4 Å². The van der Waals surface area contributed by atoms with Crippen molar-refractivity contribution in [3.8, 4) is 0 Å². The number of rotatable bonds is 0. The van der Waals surface area contributed by atoms with Gasteiger partial charge in [-0.2, -0.15) is 0 Å². The molecule has 0 saturated carbocycles. The predicted molar refractivity (Wildman–Crippen MR) is 100 cm³/mol. The lowest BCUT2D eigenvalue weighted by atomic mass is 10.1. The van der Waals surface area contributed by atoms with Crippen LogP contribution >= 0.6 is 0 Å². The standard InChI is InChI=1S/2C6H13NO.C6H6.CH4/c2*1-5(8)7-6(2,3)4;1-2-4-6-5-3-1;/h2*1-4H3,(H,7,8);1-6H;1H4. The zero-order valence-electron chi connectivity index (χ0n) is 15.3. The third kappa shape index (κ3) is 33.2. The maximum atomic E-state index is 10.3. The van der Waals surface area contributed by atoms with Crippen molar-refractivity contribution in [3.05, 3.63) is 36.4 Å². The summed E-state index contributed by atoms with van der Waals surface area (Å²) in [6, 6.07) is 12.0. The topological polar surface area (TPSA) is 58.2 Å². The Hall–Kier alpha value is -1.84. The second kappa shape index (κ2) is 12.7. The predicted octanol–water partition coefficient (Wildman–Crippen LogP) is 4.16. The van der Waals surface area contributed by atoms with Crippen LogP contribution < -0.4 is 10.6 Å². The van der Waals surface area contributed by atoms with Gasteiger partial charge in [-0.05, 0) is 41.5 Å². The molecule has 1 aromatic carbocycles. The van der Waals surface area contributed by atoms with Crippen molar-refractivity contribution in [1.82, 2.24) is 10.6 Å². The van der Waals surface area contributed by atoms with Crippen molar-refractivity contribution in [2.75, 3.05) is 0 Å². The van der Waals surface area contributed by atoms with E-state index in [0.29, 0.717) is 0 Å². The normalized spacial score (nSPS) is 9.74. The van der Waals surface area contributed by atoms with E-state index in [0.717, 1.165) is 0 Å². The van der Waals surface area contributed by atoms with Crippen molar-refractivity contribution in [2.24, 2.45) is 0 Å². The van der Waals surface area contributed by atoms with Crippen LogP contribution in [0.25, 0.3) is 0 Å². The average Bonchev–Trinajstić information content (AvgIpc) is 2.25. The Kier molecular flexibility index (Phi) is 14.4. The maximum Gasteiger partial charge on any atom is 0.217 e. The second-order valence-electron chi connectivity index (χ2n) is 7.02. The van der Waals surface area contributed by atoms with Crippen LogP contribution in [0.4, 0.5) is 0 Å². The van der Waals surface area contributed by atoms with Crippen molar-refractivity contribution in [2.45, 2.75) is 73.9 Å². The van der Waals surface area contributed by atoms with E-state index in [9.17, 15) is 9.59 Å². The van der Waals surface area contributed by atoms with E-state index in [1.807, 2.05) is 77.9 Å². The molecule has 0 bridgehead atoms. The third-order valence-corrected chi connectivity index (χ3v) is 1.77. The SMILES string of the molecule is C.CC(=O)NC(C)(C)C.CC(=O)NC(C)(C)C.c1ccccc1. The van der Waals surface area contributed by atoms with Gasteiger partial charge in [0.25, 0.3) is 0 Å². The Morgan fingerprint density at radius 2 is 0.783 bits per heavy atom. The van der Waals surface area contributed by atoms with Gasteiger partial charge in [0.1, 0.15) is 0 Å². The molecule has 0 aliphatic rings. The van der Waals surface area contributed by atoms with Crippen molar-refractivity contribution < 1.29 is 9.59 Å². The molecule has 0 saturated heterocycles. The Morgan fingerprint density at radius 3 is 0.826 bits per heavy atom. The summed E-state index contributed by atoms with van der Waals surface area (Å²) in [5.74, 6) is 0.0509. The number of hydrogen-bond donors (Lipinski definition) is 2. The van der Waals surface area contributed by atoms with Gasteiger partial charge in [-0.3, -0.25) is 9.59 Å².